The zero-order chi connectivity index (χ0) is 14.6. The highest BCUT2D eigenvalue weighted by Gasteiger charge is 2.28. The van der Waals surface area contributed by atoms with Gasteiger partial charge in [0, 0.05) is 6.42 Å². The quantitative estimate of drug-likeness (QED) is 0.887. The number of carbonyl (C=O) groups is 2. The summed E-state index contributed by atoms with van der Waals surface area (Å²) in [5.41, 5.74) is 0.350. The summed E-state index contributed by atoms with van der Waals surface area (Å²) in [5.74, 6) is -2.12. The van der Waals surface area contributed by atoms with Gasteiger partial charge in [0.15, 0.2) is 0 Å². The van der Waals surface area contributed by atoms with Crippen molar-refractivity contribution in [1.82, 2.24) is 0 Å². The van der Waals surface area contributed by atoms with E-state index in [0.717, 1.165) is 0 Å². The van der Waals surface area contributed by atoms with Crippen LogP contribution in [0.15, 0.2) is 18.2 Å². The minimum Gasteiger partial charge on any atom is -0.478 e. The molecule has 0 unspecified atom stereocenters. The Morgan fingerprint density at radius 1 is 1.32 bits per heavy atom. The van der Waals surface area contributed by atoms with Crippen molar-refractivity contribution in [3.8, 4) is 0 Å². The third-order valence-corrected chi connectivity index (χ3v) is 2.40. The van der Waals surface area contributed by atoms with Crippen molar-refractivity contribution >= 4 is 17.6 Å². The van der Waals surface area contributed by atoms with Gasteiger partial charge in [-0.25, -0.2) is 4.79 Å². The molecule has 0 atom stereocenters. The predicted octanol–water partition coefficient (Wildman–Crippen LogP) is 2.97. The van der Waals surface area contributed by atoms with Crippen LogP contribution in [0, 0.1) is 6.92 Å². The number of rotatable bonds is 4. The first kappa shape index (κ1) is 15.0. The van der Waals surface area contributed by atoms with Gasteiger partial charge in [-0.05, 0) is 18.6 Å². The molecule has 0 heterocycles. The maximum Gasteiger partial charge on any atom is 0.389 e. The molecule has 4 nitrogen and oxygen atoms in total. The van der Waals surface area contributed by atoms with E-state index in [-0.39, 0.29) is 11.3 Å². The number of nitrogens with one attached hydrogen (secondary N) is 1. The molecule has 1 aromatic rings. The van der Waals surface area contributed by atoms with E-state index in [1.807, 2.05) is 0 Å². The van der Waals surface area contributed by atoms with Crippen LogP contribution in [0.25, 0.3) is 0 Å². The van der Waals surface area contributed by atoms with E-state index < -0.39 is 30.9 Å². The van der Waals surface area contributed by atoms with Crippen molar-refractivity contribution in [2.45, 2.75) is 25.9 Å². The molecule has 104 valence electrons. The number of aromatic carboxylic acids is 1. The standard InChI is InChI=1S/C12H12F3NO3/c1-7-3-2-4-8(11(18)19)10(7)16-9(17)5-6-12(13,14)15/h2-4H,5-6H2,1H3,(H,16,17)(H,18,19). The zero-order valence-electron chi connectivity index (χ0n) is 10.0. The minimum absolute atomic E-state index is 0.0298. The molecular weight excluding hydrogens is 263 g/mol. The lowest BCUT2D eigenvalue weighted by atomic mass is 10.1. The van der Waals surface area contributed by atoms with Gasteiger partial charge < -0.3 is 10.4 Å². The normalized spacial score (nSPS) is 11.2. The van der Waals surface area contributed by atoms with Crippen LogP contribution in [0.3, 0.4) is 0 Å². The molecule has 0 aliphatic rings. The van der Waals surface area contributed by atoms with Gasteiger partial charge in [0.2, 0.25) is 5.91 Å². The van der Waals surface area contributed by atoms with Crippen LogP contribution in [-0.2, 0) is 4.79 Å². The average molecular weight is 275 g/mol. The lowest BCUT2D eigenvalue weighted by Gasteiger charge is -2.12. The molecule has 2 N–H and O–H groups in total. The highest BCUT2D eigenvalue weighted by Crippen LogP contribution is 2.24. The van der Waals surface area contributed by atoms with Crippen LogP contribution in [0.4, 0.5) is 18.9 Å². The monoisotopic (exact) mass is 275 g/mol. The van der Waals surface area contributed by atoms with Crippen molar-refractivity contribution in [1.29, 1.82) is 0 Å². The smallest absolute Gasteiger partial charge is 0.389 e. The van der Waals surface area contributed by atoms with Gasteiger partial charge in [0.25, 0.3) is 0 Å². The highest BCUT2D eigenvalue weighted by molar-refractivity contribution is 6.01. The Morgan fingerprint density at radius 2 is 1.95 bits per heavy atom. The molecule has 0 saturated heterocycles. The fourth-order valence-corrected chi connectivity index (χ4v) is 1.47. The van der Waals surface area contributed by atoms with Crippen molar-refractivity contribution in [2.24, 2.45) is 0 Å². The third kappa shape index (κ3) is 4.61. The van der Waals surface area contributed by atoms with Crippen LogP contribution < -0.4 is 5.32 Å². The second-order valence-corrected chi connectivity index (χ2v) is 3.97. The lowest BCUT2D eigenvalue weighted by molar-refractivity contribution is -0.142. The molecule has 0 bridgehead atoms. The number of amides is 1. The molecule has 0 fully saturated rings. The topological polar surface area (TPSA) is 66.4 Å². The van der Waals surface area contributed by atoms with Crippen molar-refractivity contribution in [2.75, 3.05) is 5.32 Å². The Bertz CT molecular complexity index is 497. The van der Waals surface area contributed by atoms with Gasteiger partial charge in [-0.2, -0.15) is 13.2 Å². The highest BCUT2D eigenvalue weighted by atomic mass is 19.4. The van der Waals surface area contributed by atoms with E-state index in [1.165, 1.54) is 12.1 Å². The van der Waals surface area contributed by atoms with Crippen LogP contribution in [-0.4, -0.2) is 23.2 Å². The first-order chi connectivity index (χ1) is 8.70. The number of hydrogen-bond acceptors (Lipinski definition) is 2. The second kappa shape index (κ2) is 5.73. The largest absolute Gasteiger partial charge is 0.478 e. The number of carboxylic acid groups (broad SMARTS) is 1. The first-order valence-electron chi connectivity index (χ1n) is 5.40. The number of para-hydroxylation sites is 1. The maximum atomic E-state index is 12.0. The van der Waals surface area contributed by atoms with Crippen LogP contribution in [0.5, 0.6) is 0 Å². The molecule has 1 aromatic carbocycles. The summed E-state index contributed by atoms with van der Waals surface area (Å²) in [6, 6.07) is 4.32. The third-order valence-electron chi connectivity index (χ3n) is 2.40. The average Bonchev–Trinajstić information content (AvgIpc) is 2.28. The number of anilines is 1. The summed E-state index contributed by atoms with van der Waals surface area (Å²) < 4.78 is 35.9. The van der Waals surface area contributed by atoms with Gasteiger partial charge in [-0.3, -0.25) is 4.79 Å². The first-order valence-corrected chi connectivity index (χ1v) is 5.40. The Morgan fingerprint density at radius 3 is 2.47 bits per heavy atom. The second-order valence-electron chi connectivity index (χ2n) is 3.97. The van der Waals surface area contributed by atoms with E-state index in [9.17, 15) is 22.8 Å². The van der Waals surface area contributed by atoms with E-state index in [4.69, 9.17) is 5.11 Å². The summed E-state index contributed by atoms with van der Waals surface area (Å²) in [6.07, 6.45) is -6.40. The van der Waals surface area contributed by atoms with Gasteiger partial charge >= 0.3 is 12.1 Å². The number of benzene rings is 1. The summed E-state index contributed by atoms with van der Waals surface area (Å²) in [5, 5.41) is 11.1. The Balaban J connectivity index is 2.82. The van der Waals surface area contributed by atoms with Crippen molar-refractivity contribution < 1.29 is 27.9 Å². The van der Waals surface area contributed by atoms with E-state index >= 15 is 0 Å². The summed E-state index contributed by atoms with van der Waals surface area (Å²) in [6.45, 7) is 1.56. The number of halogens is 3. The van der Waals surface area contributed by atoms with Gasteiger partial charge in [-0.1, -0.05) is 12.1 Å². The lowest BCUT2D eigenvalue weighted by Crippen LogP contribution is -2.18. The molecule has 0 spiro atoms. The number of carboxylic acids is 1. The van der Waals surface area contributed by atoms with Gasteiger partial charge in [0.1, 0.15) is 0 Å². The molecule has 1 rings (SSSR count). The van der Waals surface area contributed by atoms with E-state index in [1.54, 1.807) is 13.0 Å². The fourth-order valence-electron chi connectivity index (χ4n) is 1.47. The molecule has 0 aromatic heterocycles. The van der Waals surface area contributed by atoms with Crippen LogP contribution >= 0.6 is 0 Å². The number of aryl methyl sites for hydroxylation is 1. The molecule has 1 amide bonds. The molecule has 0 radical (unpaired) electrons. The van der Waals surface area contributed by atoms with E-state index in [0.29, 0.717) is 5.56 Å². The maximum absolute atomic E-state index is 12.0. The minimum atomic E-state index is -4.42. The number of alkyl halides is 3. The molecule has 19 heavy (non-hydrogen) atoms. The molecule has 0 aliphatic heterocycles. The summed E-state index contributed by atoms with van der Waals surface area (Å²) >= 11 is 0. The van der Waals surface area contributed by atoms with Gasteiger partial charge in [0.05, 0.1) is 17.7 Å². The van der Waals surface area contributed by atoms with Crippen molar-refractivity contribution in [3.05, 3.63) is 29.3 Å². The number of hydrogen-bond donors (Lipinski definition) is 2. The van der Waals surface area contributed by atoms with E-state index in [2.05, 4.69) is 5.32 Å². The molecule has 0 saturated carbocycles. The fraction of sp³-hybridized carbons (Fsp3) is 0.333. The Labute approximate surface area is 107 Å². The summed E-state index contributed by atoms with van der Waals surface area (Å²) in [4.78, 5) is 22.3. The van der Waals surface area contributed by atoms with Gasteiger partial charge in [-0.15, -0.1) is 0 Å². The zero-order valence-corrected chi connectivity index (χ0v) is 10.0. The van der Waals surface area contributed by atoms with Crippen LogP contribution in [0.1, 0.15) is 28.8 Å². The molecule has 0 aliphatic carbocycles. The van der Waals surface area contributed by atoms with Crippen LogP contribution in [0.2, 0.25) is 0 Å². The number of carbonyl (C=O) groups excluding carboxylic acids is 1. The van der Waals surface area contributed by atoms with Crippen molar-refractivity contribution in [3.63, 3.8) is 0 Å². The Hall–Kier alpha value is -2.05. The molecule has 7 heteroatoms. The Kier molecular flexibility index (Phi) is 4.52. The SMILES string of the molecule is Cc1cccc(C(=O)O)c1NC(=O)CCC(F)(F)F. The predicted molar refractivity (Wildman–Crippen MR) is 62.1 cm³/mol. The summed E-state index contributed by atoms with van der Waals surface area (Å²) in [7, 11) is 0. The molecular formula is C12H12F3NO3.